The number of phenolic OH excluding ortho intramolecular Hbond substituents is 1. The molecule has 1 aromatic carbocycles. The molecule has 0 bridgehead atoms. The van der Waals surface area contributed by atoms with E-state index in [0.29, 0.717) is 24.9 Å². The molecule has 1 rings (SSSR count). The van der Waals surface area contributed by atoms with Crippen LogP contribution in [-0.2, 0) is 25.6 Å². The van der Waals surface area contributed by atoms with Gasteiger partial charge in [0.15, 0.2) is 0 Å². The Kier molecular flexibility index (Phi) is 12.0. The molecular weight excluding hydrogens is 446 g/mol. The minimum Gasteiger partial charge on any atom is -0.508 e. The molecule has 5 atom stereocenters. The first-order valence-corrected chi connectivity index (χ1v) is 11.0. The average Bonchev–Trinajstić information content (AvgIpc) is 2.78. The van der Waals surface area contributed by atoms with E-state index in [9.17, 15) is 34.5 Å². The van der Waals surface area contributed by atoms with Crippen molar-refractivity contribution in [3.63, 3.8) is 0 Å². The smallest absolute Gasteiger partial charge is 0.326 e. The Hall–Kier alpha value is -3.22. The zero-order chi connectivity index (χ0) is 25.8. The molecule has 190 valence electrons. The van der Waals surface area contributed by atoms with E-state index in [2.05, 4.69) is 16.0 Å². The molecule has 0 radical (unpaired) electrons. The van der Waals surface area contributed by atoms with Gasteiger partial charge in [-0.2, -0.15) is 0 Å². The van der Waals surface area contributed by atoms with Crippen molar-refractivity contribution in [1.82, 2.24) is 16.0 Å². The standard InChI is InChI=1S/C22H35N5O7/c1-12(19(30)26-16(22(33)34)5-3-4-10-23)25-20(31)17(27-21(32)18(24)13(2)28)11-14-6-8-15(29)9-7-14/h6-9,12-13,16-18,28-29H,3-5,10-11,23-24H2,1-2H3,(H,25,31)(H,26,30)(H,27,32)(H,33,34). The third-order valence-corrected chi connectivity index (χ3v) is 5.15. The Bertz CT molecular complexity index is 831. The first-order valence-electron chi connectivity index (χ1n) is 11.0. The molecule has 0 fully saturated rings. The number of aromatic hydroxyl groups is 1. The lowest BCUT2D eigenvalue weighted by Gasteiger charge is -2.24. The summed E-state index contributed by atoms with van der Waals surface area (Å²) in [5.41, 5.74) is 11.7. The fraction of sp³-hybridized carbons (Fsp3) is 0.545. The average molecular weight is 482 g/mol. The van der Waals surface area contributed by atoms with E-state index in [-0.39, 0.29) is 18.6 Å². The number of aliphatic hydroxyl groups is 1. The predicted octanol–water partition coefficient (Wildman–Crippen LogP) is -1.67. The van der Waals surface area contributed by atoms with Crippen molar-refractivity contribution in [2.24, 2.45) is 11.5 Å². The molecule has 0 spiro atoms. The molecule has 3 amide bonds. The first kappa shape index (κ1) is 28.8. The van der Waals surface area contributed by atoms with Gasteiger partial charge in [0, 0.05) is 6.42 Å². The summed E-state index contributed by atoms with van der Waals surface area (Å²) >= 11 is 0. The van der Waals surface area contributed by atoms with Crippen LogP contribution in [0.1, 0.15) is 38.7 Å². The molecule has 0 aliphatic carbocycles. The van der Waals surface area contributed by atoms with Gasteiger partial charge in [-0.3, -0.25) is 14.4 Å². The van der Waals surface area contributed by atoms with Crippen molar-refractivity contribution in [2.45, 2.75) is 69.8 Å². The van der Waals surface area contributed by atoms with Crippen LogP contribution in [0.15, 0.2) is 24.3 Å². The number of carbonyl (C=O) groups excluding carboxylic acids is 3. The second-order valence-corrected chi connectivity index (χ2v) is 8.11. The molecule has 12 heteroatoms. The molecule has 1 aromatic rings. The van der Waals surface area contributed by atoms with Gasteiger partial charge in [0.05, 0.1) is 6.10 Å². The normalized spacial score (nSPS) is 15.3. The van der Waals surface area contributed by atoms with E-state index in [1.165, 1.54) is 26.0 Å². The van der Waals surface area contributed by atoms with Gasteiger partial charge in [0.25, 0.3) is 0 Å². The van der Waals surface area contributed by atoms with Gasteiger partial charge in [0.2, 0.25) is 17.7 Å². The fourth-order valence-corrected chi connectivity index (χ4v) is 2.99. The summed E-state index contributed by atoms with van der Waals surface area (Å²) in [7, 11) is 0. The number of nitrogens with one attached hydrogen (secondary N) is 3. The minimum atomic E-state index is -1.28. The largest absolute Gasteiger partial charge is 0.508 e. The van der Waals surface area contributed by atoms with Gasteiger partial charge in [-0.25, -0.2) is 4.79 Å². The summed E-state index contributed by atoms with van der Waals surface area (Å²) in [4.78, 5) is 49.1. The molecule has 0 aliphatic rings. The number of carbonyl (C=O) groups is 4. The van der Waals surface area contributed by atoms with Crippen LogP contribution in [0.2, 0.25) is 0 Å². The van der Waals surface area contributed by atoms with Crippen molar-refractivity contribution in [2.75, 3.05) is 6.54 Å². The summed E-state index contributed by atoms with van der Waals surface area (Å²) in [6, 6.07) is 1.29. The number of carboxylic acids is 1. The van der Waals surface area contributed by atoms with Gasteiger partial charge in [-0.1, -0.05) is 12.1 Å². The lowest BCUT2D eigenvalue weighted by molar-refractivity contribution is -0.142. The van der Waals surface area contributed by atoms with Crippen molar-refractivity contribution in [1.29, 1.82) is 0 Å². The van der Waals surface area contributed by atoms with Gasteiger partial charge in [-0.15, -0.1) is 0 Å². The first-order chi connectivity index (χ1) is 16.0. The van der Waals surface area contributed by atoms with E-state index >= 15 is 0 Å². The van der Waals surface area contributed by atoms with E-state index in [1.807, 2.05) is 0 Å². The van der Waals surface area contributed by atoms with E-state index in [1.54, 1.807) is 12.1 Å². The lowest BCUT2D eigenvalue weighted by atomic mass is 10.0. The van der Waals surface area contributed by atoms with Crippen LogP contribution < -0.4 is 27.4 Å². The third-order valence-electron chi connectivity index (χ3n) is 5.15. The van der Waals surface area contributed by atoms with Crippen molar-refractivity contribution < 1.29 is 34.5 Å². The maximum atomic E-state index is 12.9. The maximum Gasteiger partial charge on any atom is 0.326 e. The number of aliphatic hydroxyl groups excluding tert-OH is 1. The summed E-state index contributed by atoms with van der Waals surface area (Å²) in [6.45, 7) is 3.12. The highest BCUT2D eigenvalue weighted by Gasteiger charge is 2.29. The Labute approximate surface area is 198 Å². The molecule has 10 N–H and O–H groups in total. The number of carboxylic acid groups (broad SMARTS) is 1. The second kappa shape index (κ2) is 14.1. The second-order valence-electron chi connectivity index (χ2n) is 8.11. The molecule has 0 aliphatic heterocycles. The highest BCUT2D eigenvalue weighted by molar-refractivity contribution is 5.94. The minimum absolute atomic E-state index is 0.00949. The molecule has 12 nitrogen and oxygen atoms in total. The summed E-state index contributed by atoms with van der Waals surface area (Å²) in [6.07, 6.45) is 0.165. The number of unbranched alkanes of at least 4 members (excludes halogenated alkanes) is 1. The highest BCUT2D eigenvalue weighted by Crippen LogP contribution is 2.12. The Balaban J connectivity index is 2.89. The molecule has 34 heavy (non-hydrogen) atoms. The van der Waals surface area contributed by atoms with Gasteiger partial charge in [0.1, 0.15) is 29.9 Å². The van der Waals surface area contributed by atoms with E-state index < -0.39 is 54.0 Å². The quantitative estimate of drug-likeness (QED) is 0.142. The Morgan fingerprint density at radius 1 is 0.912 bits per heavy atom. The number of amides is 3. The number of benzene rings is 1. The van der Waals surface area contributed by atoms with E-state index in [0.717, 1.165) is 0 Å². The van der Waals surface area contributed by atoms with E-state index in [4.69, 9.17) is 11.5 Å². The van der Waals surface area contributed by atoms with Crippen LogP contribution in [0.3, 0.4) is 0 Å². The fourth-order valence-electron chi connectivity index (χ4n) is 2.99. The number of hydrogen-bond donors (Lipinski definition) is 8. The molecule has 0 heterocycles. The molecule has 0 saturated heterocycles. The molecule has 0 saturated carbocycles. The molecular formula is C22H35N5O7. The van der Waals surface area contributed by atoms with Crippen molar-refractivity contribution in [3.05, 3.63) is 29.8 Å². The topological polar surface area (TPSA) is 217 Å². The number of rotatable bonds is 14. The van der Waals surface area contributed by atoms with Crippen LogP contribution >= 0.6 is 0 Å². The Morgan fingerprint density at radius 3 is 2.03 bits per heavy atom. The van der Waals surface area contributed by atoms with Gasteiger partial charge < -0.3 is 42.7 Å². The molecule has 5 unspecified atom stereocenters. The lowest BCUT2D eigenvalue weighted by Crippen LogP contribution is -2.58. The van der Waals surface area contributed by atoms with Crippen LogP contribution in [-0.4, -0.2) is 75.8 Å². The SMILES string of the molecule is CC(NC(=O)C(Cc1ccc(O)cc1)NC(=O)C(N)C(C)O)C(=O)NC(CCCCN)C(=O)O. The summed E-state index contributed by atoms with van der Waals surface area (Å²) < 4.78 is 0. The van der Waals surface area contributed by atoms with Crippen molar-refractivity contribution in [3.8, 4) is 5.75 Å². The van der Waals surface area contributed by atoms with Crippen LogP contribution in [0.4, 0.5) is 0 Å². The zero-order valence-electron chi connectivity index (χ0n) is 19.4. The van der Waals surface area contributed by atoms with Crippen LogP contribution in [0, 0.1) is 0 Å². The van der Waals surface area contributed by atoms with Gasteiger partial charge >= 0.3 is 5.97 Å². The number of aliphatic carboxylic acids is 1. The summed E-state index contributed by atoms with van der Waals surface area (Å²) in [5, 5.41) is 35.7. The van der Waals surface area contributed by atoms with Crippen LogP contribution in [0.5, 0.6) is 5.75 Å². The highest BCUT2D eigenvalue weighted by atomic mass is 16.4. The Morgan fingerprint density at radius 2 is 1.50 bits per heavy atom. The van der Waals surface area contributed by atoms with Crippen molar-refractivity contribution >= 4 is 23.7 Å². The van der Waals surface area contributed by atoms with Crippen LogP contribution in [0.25, 0.3) is 0 Å². The third kappa shape index (κ3) is 9.73. The summed E-state index contributed by atoms with van der Waals surface area (Å²) in [5.74, 6) is -3.36. The zero-order valence-corrected chi connectivity index (χ0v) is 19.4. The molecule has 0 aromatic heterocycles. The maximum absolute atomic E-state index is 12.9. The predicted molar refractivity (Wildman–Crippen MR) is 123 cm³/mol. The van der Waals surface area contributed by atoms with Gasteiger partial charge in [-0.05, 0) is 57.4 Å². The number of phenols is 1. The number of nitrogens with two attached hydrogens (primary N) is 2. The monoisotopic (exact) mass is 481 g/mol. The number of hydrogen-bond acceptors (Lipinski definition) is 8.